The Hall–Kier alpha value is -2.52. The fourth-order valence-electron chi connectivity index (χ4n) is 2.66. The van der Waals surface area contributed by atoms with E-state index in [1.165, 1.54) is 0 Å². The van der Waals surface area contributed by atoms with Crippen molar-refractivity contribution in [2.75, 3.05) is 12.4 Å². The van der Waals surface area contributed by atoms with E-state index in [1.54, 1.807) is 0 Å². The largest absolute Gasteiger partial charge is 0.463 e. The molecule has 0 aromatic carbocycles. The average molecular weight is 433 g/mol. The molecular formula is C17H23NO10S. The molecule has 0 amide bonds. The van der Waals surface area contributed by atoms with Gasteiger partial charge in [0.25, 0.3) is 0 Å². The fraction of sp³-hybridized carbons (Fsp3) is 0.706. The van der Waals surface area contributed by atoms with E-state index in [1.807, 2.05) is 6.07 Å². The van der Waals surface area contributed by atoms with Crippen molar-refractivity contribution >= 4 is 34.7 Å². The van der Waals surface area contributed by atoms with Gasteiger partial charge in [0.15, 0.2) is 23.7 Å². The standard InChI is InChI=1S/C17H23NO10S/c1-9(19)24-8-13-14(25-10(2)20)15(26-11(3)21)16(27-12(4)22)17(28-13)29(23)7-5-6-18/h13-17H,5,7-8H2,1-4H3/t13-,14-,15+,16-,17+,29?/m1/s1. The first-order valence-electron chi connectivity index (χ1n) is 8.61. The van der Waals surface area contributed by atoms with Gasteiger partial charge in [0, 0.05) is 39.9 Å². The molecule has 6 atom stereocenters. The van der Waals surface area contributed by atoms with E-state index in [0.717, 1.165) is 27.7 Å². The van der Waals surface area contributed by atoms with E-state index in [2.05, 4.69) is 0 Å². The minimum Gasteiger partial charge on any atom is -0.463 e. The van der Waals surface area contributed by atoms with Gasteiger partial charge < -0.3 is 23.7 Å². The minimum absolute atomic E-state index is 0.0700. The molecule has 0 aliphatic carbocycles. The number of nitrogens with zero attached hydrogens (tertiary/aromatic N) is 1. The highest BCUT2D eigenvalue weighted by molar-refractivity contribution is 7.85. The predicted octanol–water partition coefficient (Wildman–Crippen LogP) is -0.268. The summed E-state index contributed by atoms with van der Waals surface area (Å²) < 4.78 is 38.9. The van der Waals surface area contributed by atoms with E-state index in [9.17, 15) is 23.4 Å². The third-order valence-corrected chi connectivity index (χ3v) is 5.13. The molecule has 0 N–H and O–H groups in total. The molecule has 0 radical (unpaired) electrons. The molecule has 1 unspecified atom stereocenters. The van der Waals surface area contributed by atoms with Gasteiger partial charge in [-0.2, -0.15) is 5.26 Å². The molecule has 1 aliphatic rings. The van der Waals surface area contributed by atoms with Crippen molar-refractivity contribution in [1.29, 1.82) is 5.26 Å². The lowest BCUT2D eigenvalue weighted by atomic mass is 9.99. The molecule has 1 saturated heterocycles. The smallest absolute Gasteiger partial charge is 0.303 e. The van der Waals surface area contributed by atoms with Crippen LogP contribution in [-0.2, 0) is 53.7 Å². The number of hydrogen-bond acceptors (Lipinski definition) is 11. The van der Waals surface area contributed by atoms with Gasteiger partial charge in [0.05, 0.1) is 16.9 Å². The normalized spacial score (nSPS) is 27.1. The maximum atomic E-state index is 12.7. The van der Waals surface area contributed by atoms with Crippen LogP contribution in [0.1, 0.15) is 34.1 Å². The highest BCUT2D eigenvalue weighted by Crippen LogP contribution is 2.31. The molecule has 1 rings (SSSR count). The number of ether oxygens (including phenoxy) is 5. The Balaban J connectivity index is 3.35. The lowest BCUT2D eigenvalue weighted by Gasteiger charge is -2.43. The van der Waals surface area contributed by atoms with Crippen molar-refractivity contribution in [3.63, 3.8) is 0 Å². The summed E-state index contributed by atoms with van der Waals surface area (Å²) >= 11 is 0. The van der Waals surface area contributed by atoms with E-state index in [0.29, 0.717) is 0 Å². The summed E-state index contributed by atoms with van der Waals surface area (Å²) in [5.74, 6) is -3.07. The molecule has 1 fully saturated rings. The third-order valence-electron chi connectivity index (χ3n) is 3.62. The van der Waals surface area contributed by atoms with Crippen LogP contribution in [0, 0.1) is 11.3 Å². The maximum absolute atomic E-state index is 12.7. The highest BCUT2D eigenvalue weighted by atomic mass is 32.2. The highest BCUT2D eigenvalue weighted by Gasteiger charge is 2.53. The zero-order valence-corrected chi connectivity index (χ0v) is 17.3. The van der Waals surface area contributed by atoms with Crippen LogP contribution < -0.4 is 0 Å². The first-order valence-corrected chi connectivity index (χ1v) is 9.99. The number of carbonyl (C=O) groups is 4. The van der Waals surface area contributed by atoms with Crippen LogP contribution in [0.5, 0.6) is 0 Å². The summed E-state index contributed by atoms with van der Waals surface area (Å²) in [4.78, 5) is 46.0. The average Bonchev–Trinajstić information content (AvgIpc) is 2.60. The van der Waals surface area contributed by atoms with Crippen LogP contribution in [0.25, 0.3) is 0 Å². The van der Waals surface area contributed by atoms with Gasteiger partial charge in [0.1, 0.15) is 12.7 Å². The van der Waals surface area contributed by atoms with Crippen molar-refractivity contribution in [3.05, 3.63) is 0 Å². The number of rotatable bonds is 8. The number of esters is 4. The van der Waals surface area contributed by atoms with Gasteiger partial charge in [-0.25, -0.2) is 0 Å². The van der Waals surface area contributed by atoms with Gasteiger partial charge in [0.2, 0.25) is 0 Å². The summed E-state index contributed by atoms with van der Waals surface area (Å²) in [6.45, 7) is 4.03. The van der Waals surface area contributed by atoms with Crippen LogP contribution in [0.4, 0.5) is 0 Å². The number of nitriles is 1. The van der Waals surface area contributed by atoms with Crippen LogP contribution in [0.15, 0.2) is 0 Å². The first kappa shape index (κ1) is 24.5. The molecule has 162 valence electrons. The van der Waals surface area contributed by atoms with Crippen LogP contribution in [0.3, 0.4) is 0 Å². The van der Waals surface area contributed by atoms with E-state index < -0.39 is 71.1 Å². The van der Waals surface area contributed by atoms with Gasteiger partial charge >= 0.3 is 23.9 Å². The van der Waals surface area contributed by atoms with Crippen molar-refractivity contribution in [1.82, 2.24) is 0 Å². The molecule has 1 aliphatic heterocycles. The molecule has 0 aromatic heterocycles. The van der Waals surface area contributed by atoms with Gasteiger partial charge in [-0.05, 0) is 0 Å². The summed E-state index contributed by atoms with van der Waals surface area (Å²) in [5.41, 5.74) is -1.32. The van der Waals surface area contributed by atoms with Gasteiger partial charge in [-0.1, -0.05) is 0 Å². The maximum Gasteiger partial charge on any atom is 0.303 e. The summed E-state index contributed by atoms with van der Waals surface area (Å²) in [7, 11) is -1.85. The monoisotopic (exact) mass is 433 g/mol. The fourth-order valence-corrected chi connectivity index (χ4v) is 3.96. The molecular weight excluding hydrogens is 410 g/mol. The van der Waals surface area contributed by atoms with Gasteiger partial charge in [-0.15, -0.1) is 0 Å². The predicted molar refractivity (Wildman–Crippen MR) is 95.2 cm³/mol. The van der Waals surface area contributed by atoms with Crippen LogP contribution in [-0.4, -0.2) is 70.3 Å². The Morgan fingerprint density at radius 3 is 1.90 bits per heavy atom. The summed E-state index contributed by atoms with van der Waals surface area (Å²) in [5, 5.41) is 8.74. The summed E-state index contributed by atoms with van der Waals surface area (Å²) in [6.07, 6.45) is -5.28. The Morgan fingerprint density at radius 2 is 1.41 bits per heavy atom. The van der Waals surface area contributed by atoms with Crippen LogP contribution >= 0.6 is 0 Å². The number of carbonyl (C=O) groups excluding carboxylic acids is 4. The van der Waals surface area contributed by atoms with E-state index >= 15 is 0 Å². The topological polar surface area (TPSA) is 155 Å². The molecule has 0 spiro atoms. The zero-order valence-electron chi connectivity index (χ0n) is 16.4. The number of hydrogen-bond donors (Lipinski definition) is 0. The molecule has 0 bridgehead atoms. The molecule has 1 heterocycles. The van der Waals surface area contributed by atoms with E-state index in [-0.39, 0.29) is 12.2 Å². The summed E-state index contributed by atoms with van der Waals surface area (Å²) in [6, 6.07) is 1.84. The SMILES string of the molecule is CC(=O)OC[C@H]1O[C@@H](S(=O)CCC#N)[C@H](OC(C)=O)[C@@H](OC(C)=O)[C@@H]1OC(C)=O. The molecule has 11 nitrogen and oxygen atoms in total. The van der Waals surface area contributed by atoms with Crippen molar-refractivity contribution in [2.24, 2.45) is 0 Å². The second kappa shape index (κ2) is 11.5. The second-order valence-electron chi connectivity index (χ2n) is 6.06. The van der Waals surface area contributed by atoms with Crippen LogP contribution in [0.2, 0.25) is 0 Å². The lowest BCUT2D eigenvalue weighted by Crippen LogP contribution is -2.63. The molecule has 12 heteroatoms. The molecule has 29 heavy (non-hydrogen) atoms. The third kappa shape index (κ3) is 7.78. The quantitative estimate of drug-likeness (QED) is 0.367. The minimum atomic E-state index is -1.85. The van der Waals surface area contributed by atoms with Crippen molar-refractivity contribution < 1.29 is 47.1 Å². The Labute approximate surface area is 170 Å². The van der Waals surface area contributed by atoms with Crippen molar-refractivity contribution in [2.45, 2.75) is 64.0 Å². The first-order chi connectivity index (χ1) is 13.6. The zero-order chi connectivity index (χ0) is 22.1. The molecule has 0 aromatic rings. The van der Waals surface area contributed by atoms with Gasteiger partial charge in [-0.3, -0.25) is 23.4 Å². The van der Waals surface area contributed by atoms with Crippen molar-refractivity contribution in [3.8, 4) is 6.07 Å². The Kier molecular flexibility index (Phi) is 9.70. The second-order valence-corrected chi connectivity index (χ2v) is 7.69. The Morgan fingerprint density at radius 1 is 0.897 bits per heavy atom. The molecule has 0 saturated carbocycles. The lowest BCUT2D eigenvalue weighted by molar-refractivity contribution is -0.238. The van der Waals surface area contributed by atoms with E-state index in [4.69, 9.17) is 28.9 Å². The Bertz CT molecular complexity index is 703.